The van der Waals surface area contributed by atoms with Gasteiger partial charge >= 0.3 is 0 Å². The lowest BCUT2D eigenvalue weighted by molar-refractivity contribution is 0.101. The van der Waals surface area contributed by atoms with Crippen LogP contribution in [0.4, 0.5) is 0 Å². The molecule has 0 aromatic carbocycles. The summed E-state index contributed by atoms with van der Waals surface area (Å²) < 4.78 is 0. The summed E-state index contributed by atoms with van der Waals surface area (Å²) in [6.45, 7) is 6.62. The quantitative estimate of drug-likeness (QED) is 0.792. The fourth-order valence-electron chi connectivity index (χ4n) is 2.45. The fraction of sp³-hybridized carbons (Fsp3) is 0.615. The summed E-state index contributed by atoms with van der Waals surface area (Å²) in [6, 6.07) is 0.490. The maximum Gasteiger partial charge on any atom is 0.163 e. The lowest BCUT2D eigenvalue weighted by atomic mass is 9.87. The van der Waals surface area contributed by atoms with Crippen molar-refractivity contribution in [1.29, 1.82) is 0 Å². The maximum atomic E-state index is 11.6. The van der Waals surface area contributed by atoms with Crippen molar-refractivity contribution in [2.75, 3.05) is 6.54 Å². The number of hydrogen-bond acceptors (Lipinski definition) is 4. The van der Waals surface area contributed by atoms with Crippen molar-refractivity contribution in [2.24, 2.45) is 0 Å². The molecule has 2 atom stereocenters. The summed E-state index contributed by atoms with van der Waals surface area (Å²) in [7, 11) is 0. The lowest BCUT2D eigenvalue weighted by Gasteiger charge is -2.28. The zero-order valence-electron chi connectivity index (χ0n) is 10.7. The smallest absolute Gasteiger partial charge is 0.163 e. The van der Waals surface area contributed by atoms with Gasteiger partial charge in [0.25, 0.3) is 0 Å². The van der Waals surface area contributed by atoms with Gasteiger partial charge in [-0.15, -0.1) is 0 Å². The minimum atomic E-state index is 0.0613. The predicted molar refractivity (Wildman–Crippen MR) is 66.2 cm³/mol. The Morgan fingerprint density at radius 3 is 2.94 bits per heavy atom. The summed E-state index contributed by atoms with van der Waals surface area (Å²) >= 11 is 0. The van der Waals surface area contributed by atoms with Crippen LogP contribution < -0.4 is 5.32 Å². The number of aromatic nitrogens is 2. The standard InChI is InChI=1S/C13H19N3O/c1-8-6-11(4-5-14-8)13-12(9(2)17)7-15-10(3)16-13/h7-8,11,14H,4-6H2,1-3H3. The number of rotatable bonds is 2. The molecule has 1 fully saturated rings. The van der Waals surface area contributed by atoms with Gasteiger partial charge in [0.15, 0.2) is 5.78 Å². The van der Waals surface area contributed by atoms with Gasteiger partial charge in [0, 0.05) is 18.2 Å². The van der Waals surface area contributed by atoms with Crippen molar-refractivity contribution < 1.29 is 4.79 Å². The van der Waals surface area contributed by atoms with E-state index in [1.807, 2.05) is 6.92 Å². The largest absolute Gasteiger partial charge is 0.314 e. The molecule has 1 aromatic rings. The van der Waals surface area contributed by atoms with Crippen molar-refractivity contribution in [3.63, 3.8) is 0 Å². The summed E-state index contributed by atoms with van der Waals surface area (Å²) in [5.41, 5.74) is 1.63. The highest BCUT2D eigenvalue weighted by molar-refractivity contribution is 5.95. The minimum absolute atomic E-state index is 0.0613. The van der Waals surface area contributed by atoms with Crippen molar-refractivity contribution in [3.8, 4) is 0 Å². The number of piperidine rings is 1. The molecule has 0 saturated carbocycles. The molecule has 0 bridgehead atoms. The Kier molecular flexibility index (Phi) is 3.52. The van der Waals surface area contributed by atoms with E-state index in [4.69, 9.17) is 0 Å². The molecule has 17 heavy (non-hydrogen) atoms. The van der Waals surface area contributed by atoms with Crippen LogP contribution in [0.15, 0.2) is 6.20 Å². The van der Waals surface area contributed by atoms with Crippen LogP contribution in [0.25, 0.3) is 0 Å². The monoisotopic (exact) mass is 233 g/mol. The van der Waals surface area contributed by atoms with Crippen LogP contribution in [0.3, 0.4) is 0 Å². The highest BCUT2D eigenvalue weighted by Gasteiger charge is 2.24. The van der Waals surface area contributed by atoms with Crippen LogP contribution in [0, 0.1) is 6.92 Å². The topological polar surface area (TPSA) is 54.9 Å². The van der Waals surface area contributed by atoms with E-state index in [1.54, 1.807) is 13.1 Å². The zero-order valence-corrected chi connectivity index (χ0v) is 10.7. The van der Waals surface area contributed by atoms with Gasteiger partial charge in [-0.3, -0.25) is 4.79 Å². The van der Waals surface area contributed by atoms with Crippen molar-refractivity contribution in [2.45, 2.75) is 45.6 Å². The molecule has 0 amide bonds. The molecule has 0 spiro atoms. The Morgan fingerprint density at radius 1 is 1.53 bits per heavy atom. The first kappa shape index (κ1) is 12.2. The Morgan fingerprint density at radius 2 is 2.29 bits per heavy atom. The summed E-state index contributed by atoms with van der Waals surface area (Å²) in [6.07, 6.45) is 3.75. The molecule has 92 valence electrons. The number of nitrogens with one attached hydrogen (secondary N) is 1. The number of carbonyl (C=O) groups excluding carboxylic acids is 1. The van der Waals surface area contributed by atoms with Gasteiger partial charge in [0.05, 0.1) is 11.3 Å². The van der Waals surface area contributed by atoms with Crippen LogP contribution in [0.1, 0.15) is 54.5 Å². The first-order valence-corrected chi connectivity index (χ1v) is 6.15. The molecular formula is C13H19N3O. The van der Waals surface area contributed by atoms with Gasteiger partial charge in [0.2, 0.25) is 0 Å². The van der Waals surface area contributed by atoms with Crippen LogP contribution in [0.5, 0.6) is 0 Å². The average molecular weight is 233 g/mol. The maximum absolute atomic E-state index is 11.6. The SMILES string of the molecule is CC(=O)c1cnc(C)nc1C1CCNC(C)C1. The Balaban J connectivity index is 2.35. The molecule has 2 heterocycles. The van der Waals surface area contributed by atoms with Crippen LogP contribution in [-0.2, 0) is 0 Å². The highest BCUT2D eigenvalue weighted by Crippen LogP contribution is 2.28. The van der Waals surface area contributed by atoms with E-state index in [9.17, 15) is 4.79 Å². The highest BCUT2D eigenvalue weighted by atomic mass is 16.1. The van der Waals surface area contributed by atoms with Crippen molar-refractivity contribution in [3.05, 3.63) is 23.3 Å². The second-order valence-corrected chi connectivity index (χ2v) is 4.85. The molecule has 1 aliphatic rings. The van der Waals surface area contributed by atoms with Gasteiger partial charge in [-0.2, -0.15) is 0 Å². The molecule has 1 aliphatic heterocycles. The molecule has 2 rings (SSSR count). The molecule has 1 N–H and O–H groups in total. The Bertz CT molecular complexity index is 431. The third-order valence-electron chi connectivity index (χ3n) is 3.33. The first-order chi connectivity index (χ1) is 8.08. The zero-order chi connectivity index (χ0) is 12.4. The number of aryl methyl sites for hydroxylation is 1. The number of nitrogens with zero attached hydrogens (tertiary/aromatic N) is 2. The predicted octanol–water partition coefficient (Wildman–Crippen LogP) is 1.84. The van der Waals surface area contributed by atoms with E-state index >= 15 is 0 Å². The van der Waals surface area contributed by atoms with Crippen LogP contribution in [-0.4, -0.2) is 28.3 Å². The molecule has 1 saturated heterocycles. The van der Waals surface area contributed by atoms with E-state index in [2.05, 4.69) is 22.2 Å². The third-order valence-corrected chi connectivity index (χ3v) is 3.33. The van der Waals surface area contributed by atoms with E-state index in [0.717, 1.165) is 30.9 Å². The van der Waals surface area contributed by atoms with E-state index < -0.39 is 0 Å². The van der Waals surface area contributed by atoms with Gasteiger partial charge in [-0.1, -0.05) is 0 Å². The second-order valence-electron chi connectivity index (χ2n) is 4.85. The summed E-state index contributed by atoms with van der Waals surface area (Å²) in [4.78, 5) is 20.2. The fourth-order valence-corrected chi connectivity index (χ4v) is 2.45. The van der Waals surface area contributed by atoms with Crippen molar-refractivity contribution in [1.82, 2.24) is 15.3 Å². The van der Waals surface area contributed by atoms with E-state index in [0.29, 0.717) is 17.5 Å². The van der Waals surface area contributed by atoms with Crippen LogP contribution >= 0.6 is 0 Å². The minimum Gasteiger partial charge on any atom is -0.314 e. The van der Waals surface area contributed by atoms with Gasteiger partial charge in [0.1, 0.15) is 5.82 Å². The second kappa shape index (κ2) is 4.92. The van der Waals surface area contributed by atoms with Gasteiger partial charge in [-0.25, -0.2) is 9.97 Å². The number of hydrogen-bond donors (Lipinski definition) is 1. The van der Waals surface area contributed by atoms with Crippen LogP contribution in [0.2, 0.25) is 0 Å². The number of carbonyl (C=O) groups is 1. The molecule has 4 heteroatoms. The summed E-state index contributed by atoms with van der Waals surface area (Å²) in [5, 5.41) is 3.42. The van der Waals surface area contributed by atoms with E-state index in [-0.39, 0.29) is 5.78 Å². The number of ketones is 1. The Labute approximate surface area is 102 Å². The normalized spacial score (nSPS) is 24.6. The average Bonchev–Trinajstić information content (AvgIpc) is 2.28. The molecule has 4 nitrogen and oxygen atoms in total. The van der Waals surface area contributed by atoms with Crippen molar-refractivity contribution >= 4 is 5.78 Å². The van der Waals surface area contributed by atoms with E-state index in [1.165, 1.54) is 0 Å². The Hall–Kier alpha value is -1.29. The molecular weight excluding hydrogens is 214 g/mol. The summed E-state index contributed by atoms with van der Waals surface area (Å²) in [5.74, 6) is 1.19. The lowest BCUT2D eigenvalue weighted by Crippen LogP contribution is -2.35. The van der Waals surface area contributed by atoms with Gasteiger partial charge in [-0.05, 0) is 40.2 Å². The molecule has 0 aliphatic carbocycles. The third kappa shape index (κ3) is 2.69. The molecule has 2 unspecified atom stereocenters. The first-order valence-electron chi connectivity index (χ1n) is 6.15. The molecule has 1 aromatic heterocycles. The van der Waals surface area contributed by atoms with Gasteiger partial charge < -0.3 is 5.32 Å². The molecule has 0 radical (unpaired) electrons. The number of Topliss-reactive ketones (excluding diaryl/α,β-unsaturated/α-hetero) is 1.